The first-order chi connectivity index (χ1) is 7.90. The van der Waals surface area contributed by atoms with Crippen LogP contribution in [0.1, 0.15) is 23.7 Å². The molecular formula is C11H10FNO4. The lowest BCUT2D eigenvalue weighted by Gasteiger charge is -2.06. The van der Waals surface area contributed by atoms with Crippen molar-refractivity contribution in [2.75, 3.05) is 5.32 Å². The van der Waals surface area contributed by atoms with Crippen molar-refractivity contribution in [3.63, 3.8) is 0 Å². The Morgan fingerprint density at radius 2 is 2.00 bits per heavy atom. The van der Waals surface area contributed by atoms with E-state index >= 15 is 0 Å². The summed E-state index contributed by atoms with van der Waals surface area (Å²) in [5.74, 6) is -3.03. The number of carboxylic acids is 1. The van der Waals surface area contributed by atoms with Gasteiger partial charge in [0.05, 0.1) is 17.7 Å². The number of Topliss-reactive ketones (excluding diaryl/α,β-unsaturated/α-hetero) is 1. The van der Waals surface area contributed by atoms with Gasteiger partial charge in [0.25, 0.3) is 0 Å². The lowest BCUT2D eigenvalue weighted by Crippen LogP contribution is -2.16. The molecule has 0 aliphatic heterocycles. The highest BCUT2D eigenvalue weighted by Gasteiger charge is 2.12. The van der Waals surface area contributed by atoms with Crippen LogP contribution in [0.25, 0.3) is 0 Å². The Morgan fingerprint density at radius 3 is 2.53 bits per heavy atom. The fraction of sp³-hybridized carbons (Fsp3) is 0.182. The Balaban J connectivity index is 2.90. The molecule has 0 unspecified atom stereocenters. The Kier molecular flexibility index (Phi) is 3.92. The fourth-order valence-corrected chi connectivity index (χ4v) is 1.17. The predicted octanol–water partition coefficient (Wildman–Crippen LogP) is 1.44. The lowest BCUT2D eigenvalue weighted by atomic mass is 10.2. The number of carbonyl (C=O) groups is 3. The van der Waals surface area contributed by atoms with Gasteiger partial charge in [-0.1, -0.05) is 0 Å². The molecule has 5 nitrogen and oxygen atoms in total. The summed E-state index contributed by atoms with van der Waals surface area (Å²) >= 11 is 0. The molecule has 1 amide bonds. The van der Waals surface area contributed by atoms with Crippen molar-refractivity contribution in [2.24, 2.45) is 0 Å². The van der Waals surface area contributed by atoms with Crippen LogP contribution in [0.4, 0.5) is 10.1 Å². The molecule has 90 valence electrons. The third-order valence-corrected chi connectivity index (χ3v) is 1.90. The van der Waals surface area contributed by atoms with Gasteiger partial charge in [-0.3, -0.25) is 9.59 Å². The number of benzene rings is 1. The second-order valence-corrected chi connectivity index (χ2v) is 3.43. The predicted molar refractivity (Wildman–Crippen MR) is 57.3 cm³/mol. The molecular weight excluding hydrogens is 229 g/mol. The summed E-state index contributed by atoms with van der Waals surface area (Å²) in [6, 6.07) is 3.01. The topological polar surface area (TPSA) is 83.5 Å². The number of anilines is 1. The molecule has 0 fully saturated rings. The van der Waals surface area contributed by atoms with Gasteiger partial charge in [0, 0.05) is 0 Å². The molecule has 0 saturated carbocycles. The quantitative estimate of drug-likeness (QED) is 0.779. The summed E-state index contributed by atoms with van der Waals surface area (Å²) in [4.78, 5) is 32.5. The molecule has 0 aliphatic carbocycles. The van der Waals surface area contributed by atoms with Gasteiger partial charge in [-0.2, -0.15) is 0 Å². The molecule has 0 bridgehead atoms. The molecule has 0 atom stereocenters. The molecule has 0 radical (unpaired) electrons. The van der Waals surface area contributed by atoms with Crippen LogP contribution in [-0.2, 0) is 9.59 Å². The zero-order chi connectivity index (χ0) is 13.0. The summed E-state index contributed by atoms with van der Waals surface area (Å²) < 4.78 is 13.2. The van der Waals surface area contributed by atoms with E-state index in [2.05, 4.69) is 5.32 Å². The van der Waals surface area contributed by atoms with Crippen molar-refractivity contribution < 1.29 is 23.9 Å². The van der Waals surface area contributed by atoms with E-state index in [1.165, 1.54) is 6.92 Å². The maximum Gasteiger partial charge on any atom is 0.335 e. The first-order valence-corrected chi connectivity index (χ1v) is 4.72. The van der Waals surface area contributed by atoms with Gasteiger partial charge < -0.3 is 10.4 Å². The number of hydrogen-bond donors (Lipinski definition) is 2. The van der Waals surface area contributed by atoms with E-state index in [4.69, 9.17) is 5.11 Å². The minimum atomic E-state index is -1.23. The van der Waals surface area contributed by atoms with Gasteiger partial charge in [0.2, 0.25) is 5.91 Å². The van der Waals surface area contributed by atoms with Crippen LogP contribution >= 0.6 is 0 Å². The van der Waals surface area contributed by atoms with E-state index < -0.39 is 17.7 Å². The van der Waals surface area contributed by atoms with E-state index in [-0.39, 0.29) is 23.5 Å². The number of halogens is 1. The van der Waals surface area contributed by atoms with Crippen molar-refractivity contribution in [2.45, 2.75) is 13.3 Å². The van der Waals surface area contributed by atoms with Gasteiger partial charge in [0.15, 0.2) is 0 Å². The molecule has 0 aromatic heterocycles. The number of carbonyl (C=O) groups excluding carboxylic acids is 2. The number of rotatable bonds is 4. The molecule has 0 heterocycles. The highest BCUT2D eigenvalue weighted by atomic mass is 19.1. The third kappa shape index (κ3) is 3.67. The molecule has 1 rings (SSSR count). The van der Waals surface area contributed by atoms with E-state index in [1.54, 1.807) is 0 Å². The summed E-state index contributed by atoms with van der Waals surface area (Å²) in [5.41, 5.74) is -0.402. The van der Waals surface area contributed by atoms with Crippen LogP contribution in [0.2, 0.25) is 0 Å². The number of nitrogens with one attached hydrogen (secondary N) is 1. The van der Waals surface area contributed by atoms with Crippen LogP contribution in [0.3, 0.4) is 0 Å². The van der Waals surface area contributed by atoms with Gasteiger partial charge in [-0.05, 0) is 25.1 Å². The lowest BCUT2D eigenvalue weighted by molar-refractivity contribution is -0.124. The summed E-state index contributed by atoms with van der Waals surface area (Å²) in [5, 5.41) is 10.8. The highest BCUT2D eigenvalue weighted by molar-refractivity contribution is 6.04. The number of hydrogen-bond acceptors (Lipinski definition) is 3. The second-order valence-electron chi connectivity index (χ2n) is 3.43. The average Bonchev–Trinajstić information content (AvgIpc) is 2.19. The fourth-order valence-electron chi connectivity index (χ4n) is 1.17. The van der Waals surface area contributed by atoms with Gasteiger partial charge in [-0.25, -0.2) is 9.18 Å². The normalized spacial score (nSPS) is 9.76. The molecule has 0 aliphatic rings. The maximum absolute atomic E-state index is 13.2. The van der Waals surface area contributed by atoms with Crippen LogP contribution < -0.4 is 5.32 Å². The monoisotopic (exact) mass is 239 g/mol. The number of aromatic carboxylic acids is 1. The van der Waals surface area contributed by atoms with Crippen molar-refractivity contribution in [3.8, 4) is 0 Å². The van der Waals surface area contributed by atoms with E-state index in [1.807, 2.05) is 0 Å². The van der Waals surface area contributed by atoms with Crippen LogP contribution in [0, 0.1) is 5.82 Å². The number of amides is 1. The molecule has 0 spiro atoms. The average molecular weight is 239 g/mol. The highest BCUT2D eigenvalue weighted by Crippen LogP contribution is 2.16. The van der Waals surface area contributed by atoms with E-state index in [9.17, 15) is 18.8 Å². The Bertz CT molecular complexity index is 484. The standard InChI is InChI=1S/C11H10FNO4/c1-6(14)4-10(15)13-9-5-7(11(16)17)2-3-8(9)12/h2-3,5H,4H2,1H3,(H,13,15)(H,16,17). The number of ketones is 1. The van der Waals surface area contributed by atoms with Gasteiger partial charge in [-0.15, -0.1) is 0 Å². The van der Waals surface area contributed by atoms with Crippen LogP contribution in [0.15, 0.2) is 18.2 Å². The SMILES string of the molecule is CC(=O)CC(=O)Nc1cc(C(=O)O)ccc1F. The summed E-state index contributed by atoms with van der Waals surface area (Å²) in [7, 11) is 0. The Labute approximate surface area is 96.3 Å². The van der Waals surface area contributed by atoms with Crippen molar-refractivity contribution in [1.29, 1.82) is 0 Å². The molecule has 17 heavy (non-hydrogen) atoms. The molecule has 6 heteroatoms. The molecule has 1 aromatic rings. The zero-order valence-corrected chi connectivity index (χ0v) is 8.99. The van der Waals surface area contributed by atoms with Crippen molar-refractivity contribution in [1.82, 2.24) is 0 Å². The smallest absolute Gasteiger partial charge is 0.335 e. The largest absolute Gasteiger partial charge is 0.478 e. The minimum Gasteiger partial charge on any atom is -0.478 e. The van der Waals surface area contributed by atoms with Gasteiger partial charge in [0.1, 0.15) is 11.6 Å². The van der Waals surface area contributed by atoms with Gasteiger partial charge >= 0.3 is 5.97 Å². The Hall–Kier alpha value is -2.24. The van der Waals surface area contributed by atoms with Crippen LogP contribution in [0.5, 0.6) is 0 Å². The number of carboxylic acid groups (broad SMARTS) is 1. The third-order valence-electron chi connectivity index (χ3n) is 1.90. The first kappa shape index (κ1) is 12.8. The van der Waals surface area contributed by atoms with Crippen molar-refractivity contribution in [3.05, 3.63) is 29.6 Å². The summed E-state index contributed by atoms with van der Waals surface area (Å²) in [6.07, 6.45) is -0.378. The van der Waals surface area contributed by atoms with E-state index in [0.29, 0.717) is 0 Å². The maximum atomic E-state index is 13.2. The second kappa shape index (κ2) is 5.20. The minimum absolute atomic E-state index is 0.149. The van der Waals surface area contributed by atoms with Crippen molar-refractivity contribution >= 4 is 23.3 Å². The molecule has 0 saturated heterocycles. The molecule has 1 aromatic carbocycles. The summed E-state index contributed by atoms with van der Waals surface area (Å²) in [6.45, 7) is 1.23. The zero-order valence-electron chi connectivity index (χ0n) is 8.99. The van der Waals surface area contributed by atoms with E-state index in [0.717, 1.165) is 18.2 Å². The molecule has 2 N–H and O–H groups in total. The first-order valence-electron chi connectivity index (χ1n) is 4.72. The Morgan fingerprint density at radius 1 is 1.35 bits per heavy atom. The van der Waals surface area contributed by atoms with Crippen LogP contribution in [-0.4, -0.2) is 22.8 Å².